The molecule has 0 aromatic heterocycles. The van der Waals surface area contributed by atoms with Crippen LogP contribution < -0.4 is 11.1 Å². The van der Waals surface area contributed by atoms with Crippen molar-refractivity contribution < 1.29 is 13.6 Å². The standard InChI is InChI=1S/C13H18F2N2O/c1-8(2)11(13(16)18)17-7-9-4-3-5-10(6-9)12(14)15/h3-6,8,11-12,17H,7H2,1-2H3,(H2,16,18). The normalized spacial score (nSPS) is 13.0. The molecule has 0 heterocycles. The van der Waals surface area contributed by atoms with Crippen molar-refractivity contribution in [3.63, 3.8) is 0 Å². The van der Waals surface area contributed by atoms with E-state index in [1.54, 1.807) is 12.1 Å². The molecule has 5 heteroatoms. The molecule has 0 aliphatic rings. The molecule has 0 saturated carbocycles. The average Bonchev–Trinajstić information content (AvgIpc) is 2.28. The summed E-state index contributed by atoms with van der Waals surface area (Å²) in [7, 11) is 0. The second-order valence-corrected chi connectivity index (χ2v) is 4.55. The number of amides is 1. The molecule has 1 unspecified atom stereocenters. The zero-order chi connectivity index (χ0) is 13.7. The molecular weight excluding hydrogens is 238 g/mol. The van der Waals surface area contributed by atoms with E-state index in [-0.39, 0.29) is 11.5 Å². The maximum Gasteiger partial charge on any atom is 0.263 e. The molecule has 1 aromatic rings. The number of halogens is 2. The van der Waals surface area contributed by atoms with Crippen molar-refractivity contribution in [1.29, 1.82) is 0 Å². The number of rotatable bonds is 6. The smallest absolute Gasteiger partial charge is 0.263 e. The van der Waals surface area contributed by atoms with Gasteiger partial charge in [0.25, 0.3) is 6.43 Å². The summed E-state index contributed by atoms with van der Waals surface area (Å²) in [5.41, 5.74) is 5.95. The summed E-state index contributed by atoms with van der Waals surface area (Å²) in [6, 6.07) is 5.66. The van der Waals surface area contributed by atoms with Crippen molar-refractivity contribution in [3.8, 4) is 0 Å². The first-order chi connectivity index (χ1) is 8.41. The van der Waals surface area contributed by atoms with Crippen molar-refractivity contribution in [2.75, 3.05) is 0 Å². The van der Waals surface area contributed by atoms with Gasteiger partial charge in [-0.25, -0.2) is 8.78 Å². The fourth-order valence-corrected chi connectivity index (χ4v) is 1.73. The molecular formula is C13H18F2N2O. The van der Waals surface area contributed by atoms with Crippen LogP contribution in [0.25, 0.3) is 0 Å². The SMILES string of the molecule is CC(C)C(NCc1cccc(C(F)F)c1)C(N)=O. The van der Waals surface area contributed by atoms with E-state index < -0.39 is 18.4 Å². The van der Waals surface area contributed by atoms with Crippen LogP contribution >= 0.6 is 0 Å². The van der Waals surface area contributed by atoms with Gasteiger partial charge in [-0.3, -0.25) is 4.79 Å². The Labute approximate surface area is 105 Å². The van der Waals surface area contributed by atoms with Gasteiger partial charge in [0.2, 0.25) is 5.91 Å². The topological polar surface area (TPSA) is 55.1 Å². The first-order valence-corrected chi connectivity index (χ1v) is 5.81. The minimum atomic E-state index is -2.48. The number of nitrogens with one attached hydrogen (secondary N) is 1. The Bertz CT molecular complexity index is 408. The van der Waals surface area contributed by atoms with Crippen molar-refractivity contribution in [3.05, 3.63) is 35.4 Å². The monoisotopic (exact) mass is 256 g/mol. The Kier molecular flexibility index (Phi) is 5.22. The molecule has 3 nitrogen and oxygen atoms in total. The second-order valence-electron chi connectivity index (χ2n) is 4.55. The van der Waals surface area contributed by atoms with Gasteiger partial charge in [0.05, 0.1) is 6.04 Å². The third-order valence-corrected chi connectivity index (χ3v) is 2.70. The van der Waals surface area contributed by atoms with Crippen LogP contribution in [0, 0.1) is 5.92 Å². The number of carbonyl (C=O) groups is 1. The van der Waals surface area contributed by atoms with Crippen LogP contribution in [0.1, 0.15) is 31.4 Å². The lowest BCUT2D eigenvalue weighted by atomic mass is 10.0. The predicted octanol–water partition coefficient (Wildman–Crippen LogP) is 2.22. The molecule has 18 heavy (non-hydrogen) atoms. The van der Waals surface area contributed by atoms with Gasteiger partial charge < -0.3 is 11.1 Å². The van der Waals surface area contributed by atoms with Gasteiger partial charge in [-0.05, 0) is 17.5 Å². The molecule has 1 amide bonds. The van der Waals surface area contributed by atoms with Crippen LogP contribution in [-0.4, -0.2) is 11.9 Å². The molecule has 0 bridgehead atoms. The maximum absolute atomic E-state index is 12.5. The Morgan fingerprint density at radius 3 is 2.56 bits per heavy atom. The Morgan fingerprint density at radius 2 is 2.06 bits per heavy atom. The summed E-state index contributed by atoms with van der Waals surface area (Å²) >= 11 is 0. The molecule has 0 spiro atoms. The molecule has 1 atom stereocenters. The first kappa shape index (κ1) is 14.6. The number of nitrogens with two attached hydrogens (primary N) is 1. The molecule has 0 aliphatic carbocycles. The van der Waals surface area contributed by atoms with Gasteiger partial charge in [-0.15, -0.1) is 0 Å². The van der Waals surface area contributed by atoms with Crippen molar-refractivity contribution in [1.82, 2.24) is 5.32 Å². The molecule has 0 fully saturated rings. The minimum absolute atomic E-state index is 0.0190. The molecule has 0 radical (unpaired) electrons. The average molecular weight is 256 g/mol. The fourth-order valence-electron chi connectivity index (χ4n) is 1.73. The van der Waals surface area contributed by atoms with Crippen LogP contribution in [0.15, 0.2) is 24.3 Å². The minimum Gasteiger partial charge on any atom is -0.368 e. The molecule has 1 aromatic carbocycles. The third kappa shape index (κ3) is 4.07. The van der Waals surface area contributed by atoms with Crippen LogP contribution in [-0.2, 0) is 11.3 Å². The van der Waals surface area contributed by atoms with Gasteiger partial charge in [-0.1, -0.05) is 32.0 Å². The van der Waals surface area contributed by atoms with Gasteiger partial charge >= 0.3 is 0 Å². The quantitative estimate of drug-likeness (QED) is 0.820. The van der Waals surface area contributed by atoms with E-state index in [0.717, 1.165) is 0 Å². The molecule has 100 valence electrons. The fraction of sp³-hybridized carbons (Fsp3) is 0.462. The number of carbonyl (C=O) groups excluding carboxylic acids is 1. The van der Waals surface area contributed by atoms with E-state index in [4.69, 9.17) is 5.73 Å². The van der Waals surface area contributed by atoms with E-state index in [1.807, 2.05) is 13.8 Å². The number of benzene rings is 1. The van der Waals surface area contributed by atoms with Crippen LogP contribution in [0.4, 0.5) is 8.78 Å². The summed E-state index contributed by atoms with van der Waals surface area (Å²) in [4.78, 5) is 11.2. The lowest BCUT2D eigenvalue weighted by molar-refractivity contribution is -0.121. The van der Waals surface area contributed by atoms with Crippen molar-refractivity contribution in [2.45, 2.75) is 32.9 Å². The highest BCUT2D eigenvalue weighted by atomic mass is 19.3. The number of hydrogen-bond donors (Lipinski definition) is 2. The van der Waals surface area contributed by atoms with Crippen LogP contribution in [0.2, 0.25) is 0 Å². The van der Waals surface area contributed by atoms with E-state index in [2.05, 4.69) is 5.32 Å². The number of primary amides is 1. The highest BCUT2D eigenvalue weighted by Crippen LogP contribution is 2.19. The molecule has 3 N–H and O–H groups in total. The second kappa shape index (κ2) is 6.44. The van der Waals surface area contributed by atoms with Crippen molar-refractivity contribution >= 4 is 5.91 Å². The Morgan fingerprint density at radius 1 is 1.39 bits per heavy atom. The summed E-state index contributed by atoms with van der Waals surface area (Å²) in [5, 5.41) is 2.98. The van der Waals surface area contributed by atoms with Gasteiger partial charge in [0.1, 0.15) is 0 Å². The summed E-state index contributed by atoms with van der Waals surface area (Å²) in [6.07, 6.45) is -2.48. The highest BCUT2D eigenvalue weighted by molar-refractivity contribution is 5.80. The van der Waals surface area contributed by atoms with E-state index in [1.165, 1.54) is 12.1 Å². The maximum atomic E-state index is 12.5. The van der Waals surface area contributed by atoms with Gasteiger partial charge in [0.15, 0.2) is 0 Å². The predicted molar refractivity (Wildman–Crippen MR) is 66.1 cm³/mol. The van der Waals surface area contributed by atoms with Crippen LogP contribution in [0.5, 0.6) is 0 Å². The number of alkyl halides is 2. The summed E-state index contributed by atoms with van der Waals surface area (Å²) < 4.78 is 25.0. The van der Waals surface area contributed by atoms with Gasteiger partial charge in [0, 0.05) is 12.1 Å². The molecule has 1 rings (SSSR count). The zero-order valence-electron chi connectivity index (χ0n) is 10.5. The van der Waals surface area contributed by atoms with E-state index in [9.17, 15) is 13.6 Å². The van der Waals surface area contributed by atoms with Crippen LogP contribution in [0.3, 0.4) is 0 Å². The van der Waals surface area contributed by atoms with E-state index >= 15 is 0 Å². The third-order valence-electron chi connectivity index (χ3n) is 2.70. The van der Waals surface area contributed by atoms with Gasteiger partial charge in [-0.2, -0.15) is 0 Å². The first-order valence-electron chi connectivity index (χ1n) is 5.81. The number of hydrogen-bond acceptors (Lipinski definition) is 2. The Hall–Kier alpha value is -1.49. The summed E-state index contributed by atoms with van der Waals surface area (Å²) in [5.74, 6) is -0.379. The lowest BCUT2D eigenvalue weighted by Crippen LogP contribution is -2.44. The zero-order valence-corrected chi connectivity index (χ0v) is 10.5. The van der Waals surface area contributed by atoms with E-state index in [0.29, 0.717) is 12.1 Å². The highest BCUT2D eigenvalue weighted by Gasteiger charge is 2.18. The van der Waals surface area contributed by atoms with Crippen molar-refractivity contribution in [2.24, 2.45) is 11.7 Å². The summed E-state index contributed by atoms with van der Waals surface area (Å²) in [6.45, 7) is 4.09. The lowest BCUT2D eigenvalue weighted by Gasteiger charge is -2.19. The molecule has 0 saturated heterocycles. The Balaban J connectivity index is 2.67. The molecule has 0 aliphatic heterocycles. The largest absolute Gasteiger partial charge is 0.368 e.